The van der Waals surface area contributed by atoms with Crippen molar-refractivity contribution in [2.45, 2.75) is 12.5 Å². The van der Waals surface area contributed by atoms with Crippen LogP contribution in [0.2, 0.25) is 0 Å². The van der Waals surface area contributed by atoms with Crippen molar-refractivity contribution in [3.05, 3.63) is 18.2 Å². The second kappa shape index (κ2) is 4.94. The number of aromatic amines is 1. The van der Waals surface area contributed by atoms with Crippen LogP contribution in [-0.4, -0.2) is 35.2 Å². The fraction of sp³-hybridized carbons (Fsp3) is 0.375. The number of methoxy groups -OCH3 is 1. The molecule has 6 heteroatoms. The maximum atomic E-state index is 11.1. The lowest BCUT2D eigenvalue weighted by atomic mass is 10.2. The zero-order valence-corrected chi connectivity index (χ0v) is 7.56. The number of isocyanates is 1. The SMILES string of the molecule is COC(=O)[C@@H](Cc1cnc[nH]1)N=C=O. The number of carbonyl (C=O) groups is 1. The molecule has 0 amide bonds. The molecule has 14 heavy (non-hydrogen) atoms. The van der Waals surface area contributed by atoms with E-state index in [1.165, 1.54) is 19.5 Å². The number of hydrogen-bond acceptors (Lipinski definition) is 5. The lowest BCUT2D eigenvalue weighted by Crippen LogP contribution is -2.22. The van der Waals surface area contributed by atoms with Gasteiger partial charge in [0.05, 0.1) is 13.4 Å². The zero-order valence-electron chi connectivity index (χ0n) is 7.56. The third kappa shape index (κ3) is 2.53. The Kier molecular flexibility index (Phi) is 3.58. The van der Waals surface area contributed by atoms with Crippen LogP contribution in [0.5, 0.6) is 0 Å². The Labute approximate surface area is 80.0 Å². The number of carbonyl (C=O) groups excluding carboxylic acids is 2. The highest BCUT2D eigenvalue weighted by atomic mass is 16.5. The average Bonchev–Trinajstić information content (AvgIpc) is 2.68. The number of nitrogens with zero attached hydrogens (tertiary/aromatic N) is 2. The van der Waals surface area contributed by atoms with Crippen molar-refractivity contribution in [3.8, 4) is 0 Å². The van der Waals surface area contributed by atoms with Gasteiger partial charge in [-0.2, -0.15) is 4.99 Å². The highest BCUT2D eigenvalue weighted by molar-refractivity contribution is 5.77. The van der Waals surface area contributed by atoms with Gasteiger partial charge in [-0.05, 0) is 0 Å². The summed E-state index contributed by atoms with van der Waals surface area (Å²) in [6.07, 6.45) is 4.62. The molecule has 1 atom stereocenters. The molecule has 1 rings (SSSR count). The molecule has 0 saturated heterocycles. The summed E-state index contributed by atoms with van der Waals surface area (Å²) in [5, 5.41) is 0. The molecule has 0 bridgehead atoms. The third-order valence-corrected chi connectivity index (χ3v) is 1.65. The summed E-state index contributed by atoms with van der Waals surface area (Å²) >= 11 is 0. The molecule has 0 aliphatic rings. The number of esters is 1. The second-order valence-corrected chi connectivity index (χ2v) is 2.54. The molecule has 74 valence electrons. The standard InChI is InChI=1S/C8H9N3O3/c1-14-8(13)7(11-5-12)2-6-3-9-4-10-6/h3-4,7H,2H2,1H3,(H,9,10)/t7-/m1/s1. The van der Waals surface area contributed by atoms with Crippen molar-refractivity contribution in [1.29, 1.82) is 0 Å². The van der Waals surface area contributed by atoms with Crippen LogP contribution in [0.4, 0.5) is 0 Å². The zero-order chi connectivity index (χ0) is 10.4. The number of aliphatic imine (C=N–C) groups is 1. The Morgan fingerprint density at radius 3 is 3.14 bits per heavy atom. The van der Waals surface area contributed by atoms with Gasteiger partial charge < -0.3 is 9.72 Å². The van der Waals surface area contributed by atoms with E-state index in [-0.39, 0.29) is 6.42 Å². The van der Waals surface area contributed by atoms with Gasteiger partial charge in [-0.25, -0.2) is 14.6 Å². The fourth-order valence-corrected chi connectivity index (χ4v) is 0.986. The molecule has 1 aromatic rings. The maximum absolute atomic E-state index is 11.1. The summed E-state index contributed by atoms with van der Waals surface area (Å²) in [5.74, 6) is -0.567. The van der Waals surface area contributed by atoms with E-state index < -0.39 is 12.0 Å². The molecular weight excluding hydrogens is 186 g/mol. The molecule has 0 spiro atoms. The molecule has 0 aromatic carbocycles. The van der Waals surface area contributed by atoms with E-state index >= 15 is 0 Å². The first-order valence-electron chi connectivity index (χ1n) is 3.90. The summed E-state index contributed by atoms with van der Waals surface area (Å²) in [4.78, 5) is 31.0. The molecule has 0 unspecified atom stereocenters. The van der Waals surface area contributed by atoms with Crippen LogP contribution >= 0.6 is 0 Å². The van der Waals surface area contributed by atoms with Crippen molar-refractivity contribution >= 4 is 12.0 Å². The van der Waals surface area contributed by atoms with Gasteiger partial charge in [0.15, 0.2) is 6.04 Å². The van der Waals surface area contributed by atoms with E-state index in [2.05, 4.69) is 19.7 Å². The summed E-state index contributed by atoms with van der Waals surface area (Å²) in [6, 6.07) is -0.849. The van der Waals surface area contributed by atoms with E-state index in [0.717, 1.165) is 0 Å². The molecule has 0 aliphatic carbocycles. The molecule has 0 saturated carbocycles. The quantitative estimate of drug-likeness (QED) is 0.410. The largest absolute Gasteiger partial charge is 0.467 e. The third-order valence-electron chi connectivity index (χ3n) is 1.65. The number of aromatic nitrogens is 2. The van der Waals surface area contributed by atoms with E-state index in [1.807, 2.05) is 0 Å². The van der Waals surface area contributed by atoms with Gasteiger partial charge >= 0.3 is 5.97 Å². The van der Waals surface area contributed by atoms with Gasteiger partial charge in [0.25, 0.3) is 0 Å². The Balaban J connectivity index is 2.69. The Hall–Kier alpha value is -1.94. The predicted molar refractivity (Wildman–Crippen MR) is 46.2 cm³/mol. The highest BCUT2D eigenvalue weighted by Gasteiger charge is 2.19. The minimum absolute atomic E-state index is 0.252. The van der Waals surface area contributed by atoms with Crippen molar-refractivity contribution in [3.63, 3.8) is 0 Å². The van der Waals surface area contributed by atoms with Crippen LogP contribution in [-0.2, 0) is 20.7 Å². The van der Waals surface area contributed by atoms with Crippen LogP contribution in [0.1, 0.15) is 5.69 Å². The van der Waals surface area contributed by atoms with Gasteiger partial charge in [-0.3, -0.25) is 0 Å². The van der Waals surface area contributed by atoms with Crippen LogP contribution in [0, 0.1) is 0 Å². The average molecular weight is 195 g/mol. The number of ether oxygens (including phenoxy) is 1. The Morgan fingerprint density at radius 2 is 2.64 bits per heavy atom. The van der Waals surface area contributed by atoms with E-state index in [1.54, 1.807) is 6.20 Å². The van der Waals surface area contributed by atoms with Crippen molar-refractivity contribution in [2.75, 3.05) is 7.11 Å². The number of rotatable bonds is 4. The summed E-state index contributed by atoms with van der Waals surface area (Å²) in [6.45, 7) is 0. The maximum Gasteiger partial charge on any atom is 0.331 e. The number of hydrogen-bond donors (Lipinski definition) is 1. The van der Waals surface area contributed by atoms with Crippen molar-refractivity contribution < 1.29 is 14.3 Å². The molecule has 1 heterocycles. The number of H-pyrrole nitrogens is 1. The lowest BCUT2D eigenvalue weighted by molar-refractivity contribution is -0.142. The second-order valence-electron chi connectivity index (χ2n) is 2.54. The summed E-state index contributed by atoms with van der Waals surface area (Å²) < 4.78 is 4.47. The van der Waals surface area contributed by atoms with Gasteiger partial charge in [0, 0.05) is 18.3 Å². The van der Waals surface area contributed by atoms with Crippen LogP contribution in [0.15, 0.2) is 17.5 Å². The molecule has 0 radical (unpaired) electrons. The molecular formula is C8H9N3O3. The first-order chi connectivity index (χ1) is 6.77. The van der Waals surface area contributed by atoms with Crippen molar-refractivity contribution in [2.24, 2.45) is 4.99 Å². The Morgan fingerprint density at radius 1 is 1.86 bits per heavy atom. The summed E-state index contributed by atoms with van der Waals surface area (Å²) in [7, 11) is 1.24. The van der Waals surface area contributed by atoms with E-state index in [0.29, 0.717) is 5.69 Å². The first-order valence-corrected chi connectivity index (χ1v) is 3.90. The normalized spacial score (nSPS) is 11.5. The fourth-order valence-electron chi connectivity index (χ4n) is 0.986. The molecule has 6 nitrogen and oxygen atoms in total. The van der Waals surface area contributed by atoms with Crippen LogP contribution in [0.3, 0.4) is 0 Å². The van der Waals surface area contributed by atoms with E-state index in [4.69, 9.17) is 0 Å². The minimum atomic E-state index is -0.849. The number of nitrogens with one attached hydrogen (secondary N) is 1. The van der Waals surface area contributed by atoms with Crippen molar-refractivity contribution in [1.82, 2.24) is 9.97 Å². The number of imidazole rings is 1. The van der Waals surface area contributed by atoms with Gasteiger partial charge in [-0.1, -0.05) is 0 Å². The van der Waals surface area contributed by atoms with E-state index in [9.17, 15) is 9.59 Å². The van der Waals surface area contributed by atoms with Crippen LogP contribution in [0.25, 0.3) is 0 Å². The molecule has 0 fully saturated rings. The minimum Gasteiger partial charge on any atom is -0.467 e. The predicted octanol–water partition coefficient (Wildman–Crippen LogP) is -0.170. The molecule has 1 N–H and O–H groups in total. The topological polar surface area (TPSA) is 84.4 Å². The monoisotopic (exact) mass is 195 g/mol. The van der Waals surface area contributed by atoms with Gasteiger partial charge in [0.1, 0.15) is 0 Å². The highest BCUT2D eigenvalue weighted by Crippen LogP contribution is 2.03. The van der Waals surface area contributed by atoms with Gasteiger partial charge in [0.2, 0.25) is 6.08 Å². The molecule has 0 aliphatic heterocycles. The van der Waals surface area contributed by atoms with Crippen LogP contribution < -0.4 is 0 Å². The lowest BCUT2D eigenvalue weighted by Gasteiger charge is -2.05. The smallest absolute Gasteiger partial charge is 0.331 e. The Bertz CT molecular complexity index is 341. The molecule has 1 aromatic heterocycles. The summed E-state index contributed by atoms with van der Waals surface area (Å²) in [5.41, 5.74) is 0.708. The first kappa shape index (κ1) is 10.1. The van der Waals surface area contributed by atoms with Gasteiger partial charge in [-0.15, -0.1) is 0 Å².